The van der Waals surface area contributed by atoms with E-state index >= 15 is 0 Å². The molecule has 3 amide bonds. The maximum atomic E-state index is 13.2. The van der Waals surface area contributed by atoms with Crippen molar-refractivity contribution < 1.29 is 24.3 Å². The number of carbonyl (C=O) groups is 3. The summed E-state index contributed by atoms with van der Waals surface area (Å²) in [4.78, 5) is 41.2. The van der Waals surface area contributed by atoms with Gasteiger partial charge in [-0.15, -0.1) is 11.3 Å². The summed E-state index contributed by atoms with van der Waals surface area (Å²) in [5, 5.41) is 23.0. The Kier molecular flexibility index (Phi) is 7.11. The lowest BCUT2D eigenvalue weighted by Gasteiger charge is -2.29. The van der Waals surface area contributed by atoms with Crippen LogP contribution in [0.15, 0.2) is 66.0 Å². The smallest absolute Gasteiger partial charge is 0.269 e. The number of hydrogen-bond acceptors (Lipinski definition) is 7. The highest BCUT2D eigenvalue weighted by atomic mass is 32.1. The molecule has 2 aromatic carbocycles. The molecule has 3 aromatic rings. The van der Waals surface area contributed by atoms with Gasteiger partial charge in [-0.25, -0.2) is 5.06 Å². The minimum atomic E-state index is -0.815. The number of ether oxygens (including phenoxy) is 1. The number of benzene rings is 2. The molecule has 1 aromatic heterocycles. The third-order valence-electron chi connectivity index (χ3n) is 7.23. The third-order valence-corrected chi connectivity index (χ3v) is 8.15. The molecule has 3 atom stereocenters. The predicted octanol–water partition coefficient (Wildman–Crippen LogP) is 3.35. The van der Waals surface area contributed by atoms with Crippen molar-refractivity contribution in [3.8, 4) is 11.5 Å². The summed E-state index contributed by atoms with van der Waals surface area (Å²) in [6, 6.07) is 16.6. The monoisotopic (exact) mass is 547 g/mol. The first-order chi connectivity index (χ1) is 18.6. The molecular formula is C28H29N5O5S. The molecule has 2 aliphatic rings. The van der Waals surface area contributed by atoms with Crippen molar-refractivity contribution in [1.29, 1.82) is 5.41 Å². The highest BCUT2D eigenvalue weighted by molar-refractivity contribution is 7.10. The highest BCUT2D eigenvalue weighted by Crippen LogP contribution is 2.59. The van der Waals surface area contributed by atoms with Crippen LogP contribution in [0.2, 0.25) is 0 Å². The number of hydroxylamine groups is 2. The number of para-hydroxylation sites is 1. The number of piperidine rings is 1. The summed E-state index contributed by atoms with van der Waals surface area (Å²) in [5.41, 5.74) is 6.21. The molecule has 39 heavy (non-hydrogen) atoms. The van der Waals surface area contributed by atoms with Crippen molar-refractivity contribution in [2.75, 3.05) is 6.54 Å². The van der Waals surface area contributed by atoms with Crippen molar-refractivity contribution in [3.63, 3.8) is 0 Å². The lowest BCUT2D eigenvalue weighted by Crippen LogP contribution is -2.51. The Labute approximate surface area is 229 Å². The molecule has 1 aliphatic heterocycles. The van der Waals surface area contributed by atoms with E-state index in [1.165, 1.54) is 16.2 Å². The number of carbonyl (C=O) groups excluding carboxylic acids is 3. The molecule has 5 rings (SSSR count). The summed E-state index contributed by atoms with van der Waals surface area (Å²) in [6.45, 7) is 1.68. The molecule has 202 valence electrons. The zero-order valence-corrected chi connectivity index (χ0v) is 22.1. The minimum Gasteiger partial charge on any atom is -0.457 e. The normalized spacial score (nSPS) is 21.1. The number of hydrogen-bond donors (Lipinski definition) is 4. The molecule has 1 saturated heterocycles. The van der Waals surface area contributed by atoms with Crippen molar-refractivity contribution >= 4 is 34.9 Å². The molecule has 10 nitrogen and oxygen atoms in total. The molecule has 0 unspecified atom stereocenters. The van der Waals surface area contributed by atoms with Crippen LogP contribution >= 0.6 is 11.3 Å². The standard InChI is InChI=1S/C28H29N5O5S/c1-28-12-22(27(36)32(37)15-21-11-18(16-39-21)25(29)30)33(23(28)13-28)24(34)14-31-26(35)17-7-9-20(10-8-17)38-19-5-3-2-4-6-19/h2-11,16,22-23,37H,12-15H2,1H3,(H3,29,30)(H,31,35)/t22-,23-,28+/m0/s1. The number of nitrogen functional groups attached to an aromatic ring is 1. The number of nitrogens with zero attached hydrogens (tertiary/aromatic N) is 2. The minimum absolute atomic E-state index is 0.0720. The van der Waals surface area contributed by atoms with E-state index in [0.29, 0.717) is 39.0 Å². The number of fused-ring (bicyclic) bond motifs is 1. The Bertz CT molecular complexity index is 1410. The van der Waals surface area contributed by atoms with E-state index in [2.05, 4.69) is 5.32 Å². The summed E-state index contributed by atoms with van der Waals surface area (Å²) in [5.74, 6) is -0.200. The van der Waals surface area contributed by atoms with Crippen molar-refractivity contribution in [2.45, 2.75) is 38.4 Å². The van der Waals surface area contributed by atoms with E-state index in [9.17, 15) is 19.6 Å². The largest absolute Gasteiger partial charge is 0.457 e. The maximum Gasteiger partial charge on any atom is 0.269 e. The average molecular weight is 548 g/mol. The number of rotatable bonds is 9. The molecule has 2 heterocycles. The van der Waals surface area contributed by atoms with Gasteiger partial charge in [-0.05, 0) is 60.7 Å². The van der Waals surface area contributed by atoms with Gasteiger partial charge in [-0.3, -0.25) is 25.0 Å². The molecule has 2 fully saturated rings. The fourth-order valence-corrected chi connectivity index (χ4v) is 5.86. The summed E-state index contributed by atoms with van der Waals surface area (Å²) in [6.07, 6.45) is 1.22. The van der Waals surface area contributed by atoms with Crippen LogP contribution in [0.5, 0.6) is 11.5 Å². The second-order valence-electron chi connectivity index (χ2n) is 10.1. The molecule has 1 saturated carbocycles. The number of nitrogens with two attached hydrogens (primary N) is 1. The lowest BCUT2D eigenvalue weighted by molar-refractivity contribution is -0.175. The quantitative estimate of drug-likeness (QED) is 0.140. The van der Waals surface area contributed by atoms with E-state index in [1.54, 1.807) is 35.7 Å². The van der Waals surface area contributed by atoms with Gasteiger partial charge in [0.05, 0.1) is 13.1 Å². The highest BCUT2D eigenvalue weighted by Gasteiger charge is 2.64. The summed E-state index contributed by atoms with van der Waals surface area (Å²) in [7, 11) is 0. The summed E-state index contributed by atoms with van der Waals surface area (Å²) < 4.78 is 5.74. The van der Waals surface area contributed by atoms with E-state index < -0.39 is 17.9 Å². The van der Waals surface area contributed by atoms with Crippen molar-refractivity contribution in [1.82, 2.24) is 15.3 Å². The molecule has 0 radical (unpaired) electrons. The van der Waals surface area contributed by atoms with Crippen LogP contribution in [-0.4, -0.2) is 57.4 Å². The van der Waals surface area contributed by atoms with Gasteiger partial charge in [0, 0.05) is 27.4 Å². The van der Waals surface area contributed by atoms with Crippen LogP contribution in [0, 0.1) is 10.8 Å². The van der Waals surface area contributed by atoms with E-state index in [-0.39, 0.29) is 36.3 Å². The Morgan fingerprint density at radius 1 is 1.13 bits per heavy atom. The molecule has 5 N–H and O–H groups in total. The number of likely N-dealkylation sites (tertiary alicyclic amines) is 1. The predicted molar refractivity (Wildman–Crippen MR) is 145 cm³/mol. The maximum absolute atomic E-state index is 13.2. The number of nitrogens with one attached hydrogen (secondary N) is 2. The van der Waals surface area contributed by atoms with Gasteiger partial charge >= 0.3 is 0 Å². The zero-order chi connectivity index (χ0) is 27.7. The van der Waals surface area contributed by atoms with Gasteiger partial charge in [-0.2, -0.15) is 0 Å². The van der Waals surface area contributed by atoms with E-state index in [1.807, 2.05) is 37.3 Å². The first-order valence-electron chi connectivity index (χ1n) is 12.5. The van der Waals surface area contributed by atoms with Gasteiger partial charge in [0.1, 0.15) is 23.4 Å². The van der Waals surface area contributed by atoms with E-state index in [0.717, 1.165) is 6.42 Å². The lowest BCUT2D eigenvalue weighted by atomic mass is 10.0. The van der Waals surface area contributed by atoms with Gasteiger partial charge in [-0.1, -0.05) is 25.1 Å². The number of thiophene rings is 1. The van der Waals surface area contributed by atoms with Crippen LogP contribution in [-0.2, 0) is 16.1 Å². The topological polar surface area (TPSA) is 149 Å². The molecule has 0 spiro atoms. The second kappa shape index (κ2) is 10.5. The summed E-state index contributed by atoms with van der Waals surface area (Å²) >= 11 is 1.28. The van der Waals surface area contributed by atoms with Gasteiger partial charge in [0.2, 0.25) is 5.91 Å². The molecule has 0 bridgehead atoms. The van der Waals surface area contributed by atoms with Crippen LogP contribution in [0.25, 0.3) is 0 Å². The average Bonchev–Trinajstić information content (AvgIpc) is 3.23. The van der Waals surface area contributed by atoms with Crippen LogP contribution < -0.4 is 15.8 Å². The van der Waals surface area contributed by atoms with Crippen LogP contribution in [0.3, 0.4) is 0 Å². The number of amidine groups is 1. The fourth-order valence-electron chi connectivity index (χ4n) is 5.00. The SMILES string of the molecule is C[C@@]12C[C@@H]1N(C(=O)CNC(=O)c1ccc(Oc3ccccc3)cc1)[C@H](C(=O)N(O)Cc1cc(C(=N)N)cs1)C2. The van der Waals surface area contributed by atoms with Crippen LogP contribution in [0.4, 0.5) is 0 Å². The van der Waals surface area contributed by atoms with Crippen molar-refractivity contribution in [2.24, 2.45) is 11.1 Å². The molecule has 11 heteroatoms. The Morgan fingerprint density at radius 2 is 1.82 bits per heavy atom. The first-order valence-corrected chi connectivity index (χ1v) is 13.4. The first kappa shape index (κ1) is 26.4. The Balaban J connectivity index is 1.18. The molecule has 1 aliphatic carbocycles. The fraction of sp³-hybridized carbons (Fsp3) is 0.286. The Morgan fingerprint density at radius 3 is 2.49 bits per heavy atom. The Hall–Kier alpha value is -4.22. The van der Waals surface area contributed by atoms with Crippen LogP contribution in [0.1, 0.15) is 40.6 Å². The third kappa shape index (κ3) is 5.64. The van der Waals surface area contributed by atoms with Crippen molar-refractivity contribution in [3.05, 3.63) is 82.0 Å². The van der Waals surface area contributed by atoms with E-state index in [4.69, 9.17) is 15.9 Å². The van der Waals surface area contributed by atoms with Gasteiger partial charge in [0.25, 0.3) is 11.8 Å². The second-order valence-corrected chi connectivity index (χ2v) is 11.1. The zero-order valence-electron chi connectivity index (χ0n) is 21.3. The van der Waals surface area contributed by atoms with Gasteiger partial charge < -0.3 is 20.7 Å². The van der Waals surface area contributed by atoms with Gasteiger partial charge in [0.15, 0.2) is 0 Å². The molecular weight excluding hydrogens is 518 g/mol. The number of amides is 3.